The van der Waals surface area contributed by atoms with Crippen LogP contribution < -0.4 is 4.74 Å². The van der Waals surface area contributed by atoms with Crippen molar-refractivity contribution in [2.45, 2.75) is 44.6 Å². The van der Waals surface area contributed by atoms with E-state index < -0.39 is 5.97 Å². The zero-order chi connectivity index (χ0) is 24.8. The van der Waals surface area contributed by atoms with Crippen LogP contribution in [0.2, 0.25) is 0 Å². The lowest BCUT2D eigenvalue weighted by atomic mass is 9.97. The third-order valence-electron chi connectivity index (χ3n) is 8.64. The second-order valence-electron chi connectivity index (χ2n) is 10.7. The van der Waals surface area contributed by atoms with Gasteiger partial charge in [-0.2, -0.15) is 0 Å². The first-order valence-electron chi connectivity index (χ1n) is 13.0. The average Bonchev–Trinajstić information content (AvgIpc) is 3.56. The average molecular weight is 490 g/mol. The Morgan fingerprint density at radius 1 is 1.17 bits per heavy atom. The van der Waals surface area contributed by atoms with Crippen molar-refractivity contribution in [2.75, 3.05) is 20.2 Å². The monoisotopic (exact) mass is 489 g/mol. The van der Waals surface area contributed by atoms with Crippen LogP contribution in [0.25, 0.3) is 27.7 Å². The fraction of sp³-hybridized carbons (Fsp3) is 0.448. The number of methoxy groups -OCH3 is 1. The topological polar surface area (TPSA) is 78.5 Å². The summed E-state index contributed by atoms with van der Waals surface area (Å²) >= 11 is 0. The number of carbonyl (C=O) groups is 1. The number of nitrogens with one attached hydrogen (secondary N) is 1. The lowest BCUT2D eigenvalue weighted by Crippen LogP contribution is -2.37. The summed E-state index contributed by atoms with van der Waals surface area (Å²) in [6.45, 7) is 1.97. The number of aromatic amines is 1. The number of hydrogen-bond acceptors (Lipinski definition) is 4. The van der Waals surface area contributed by atoms with Gasteiger partial charge in [-0.25, -0.2) is 9.37 Å². The van der Waals surface area contributed by atoms with Crippen molar-refractivity contribution in [2.24, 2.45) is 17.8 Å². The molecule has 1 aliphatic heterocycles. The highest BCUT2D eigenvalue weighted by atomic mass is 19.1. The van der Waals surface area contributed by atoms with Gasteiger partial charge in [-0.1, -0.05) is 6.08 Å². The van der Waals surface area contributed by atoms with E-state index in [1.807, 2.05) is 6.07 Å². The first-order valence-corrected chi connectivity index (χ1v) is 13.0. The number of aromatic nitrogens is 2. The maximum atomic E-state index is 14.1. The molecule has 0 bridgehead atoms. The third kappa shape index (κ3) is 4.30. The summed E-state index contributed by atoms with van der Waals surface area (Å²) < 4.78 is 19.6. The second kappa shape index (κ2) is 9.36. The van der Waals surface area contributed by atoms with Gasteiger partial charge < -0.3 is 14.8 Å². The minimum atomic E-state index is -0.653. The molecule has 0 radical (unpaired) electrons. The van der Waals surface area contributed by atoms with Crippen LogP contribution in [-0.2, 0) is 4.79 Å². The molecular formula is C29H32FN3O3. The van der Waals surface area contributed by atoms with Gasteiger partial charge in [0, 0.05) is 48.4 Å². The summed E-state index contributed by atoms with van der Waals surface area (Å²) in [5, 5.41) is 10.1. The highest BCUT2D eigenvalue weighted by Crippen LogP contribution is 2.49. The SMILES string of the molecule is COc1ccc(F)cc1-c1ccnc2[nH]c(C3=CCN(C4CC5CC(CC(=O)O)CC5C4)CC3)cc12. The van der Waals surface area contributed by atoms with Crippen LogP contribution in [0.1, 0.15) is 44.2 Å². The van der Waals surface area contributed by atoms with Gasteiger partial charge in [0.05, 0.1) is 7.11 Å². The Kier molecular flexibility index (Phi) is 6.04. The van der Waals surface area contributed by atoms with Crippen LogP contribution in [0.3, 0.4) is 0 Å². The van der Waals surface area contributed by atoms with E-state index in [1.165, 1.54) is 30.5 Å². The Labute approximate surface area is 210 Å². The summed E-state index contributed by atoms with van der Waals surface area (Å²) in [5.74, 6) is 1.45. The number of halogens is 1. The molecule has 3 heterocycles. The van der Waals surface area contributed by atoms with Gasteiger partial charge in [0.1, 0.15) is 17.2 Å². The Morgan fingerprint density at radius 3 is 2.67 bits per heavy atom. The molecule has 2 saturated carbocycles. The van der Waals surface area contributed by atoms with E-state index in [0.29, 0.717) is 36.0 Å². The number of carboxylic acid groups (broad SMARTS) is 1. The fourth-order valence-electron chi connectivity index (χ4n) is 7.01. The number of H-pyrrole nitrogens is 1. The number of aliphatic carboxylic acids is 1. The number of ether oxygens (including phenoxy) is 1. The normalized spacial score (nSPS) is 26.2. The first kappa shape index (κ1) is 23.2. The Morgan fingerprint density at radius 2 is 1.97 bits per heavy atom. The molecule has 2 aromatic heterocycles. The molecule has 3 aromatic rings. The van der Waals surface area contributed by atoms with E-state index in [1.54, 1.807) is 19.4 Å². The Hall–Kier alpha value is -3.19. The van der Waals surface area contributed by atoms with Crippen LogP contribution in [0, 0.1) is 23.6 Å². The molecule has 2 fully saturated rings. The number of nitrogens with zero attached hydrogens (tertiary/aromatic N) is 2. The molecule has 0 saturated heterocycles. The van der Waals surface area contributed by atoms with E-state index in [-0.39, 0.29) is 5.82 Å². The molecule has 2 unspecified atom stereocenters. The predicted octanol–water partition coefficient (Wildman–Crippen LogP) is 5.75. The van der Waals surface area contributed by atoms with E-state index in [4.69, 9.17) is 9.84 Å². The smallest absolute Gasteiger partial charge is 0.303 e. The summed E-state index contributed by atoms with van der Waals surface area (Å²) in [7, 11) is 1.60. The van der Waals surface area contributed by atoms with Crippen molar-refractivity contribution in [1.82, 2.24) is 14.9 Å². The lowest BCUT2D eigenvalue weighted by Gasteiger charge is -2.32. The van der Waals surface area contributed by atoms with Crippen LogP contribution in [0.5, 0.6) is 5.75 Å². The maximum absolute atomic E-state index is 14.1. The summed E-state index contributed by atoms with van der Waals surface area (Å²) in [5.41, 5.74) is 4.77. The predicted molar refractivity (Wildman–Crippen MR) is 137 cm³/mol. The second-order valence-corrected chi connectivity index (χ2v) is 10.7. The first-order chi connectivity index (χ1) is 17.5. The van der Waals surface area contributed by atoms with Crippen molar-refractivity contribution in [3.05, 3.63) is 54.1 Å². The van der Waals surface area contributed by atoms with Gasteiger partial charge in [-0.15, -0.1) is 0 Å². The van der Waals surface area contributed by atoms with Gasteiger partial charge in [-0.05, 0) is 91.3 Å². The molecule has 2 N–H and O–H groups in total. The van der Waals surface area contributed by atoms with Crippen LogP contribution in [0.15, 0.2) is 42.6 Å². The molecule has 0 amide bonds. The van der Waals surface area contributed by atoms with Gasteiger partial charge in [0.15, 0.2) is 0 Å². The molecule has 3 aliphatic rings. The minimum absolute atomic E-state index is 0.296. The molecular weight excluding hydrogens is 457 g/mol. The molecule has 0 spiro atoms. The van der Waals surface area contributed by atoms with Crippen molar-refractivity contribution < 1.29 is 19.0 Å². The molecule has 2 atom stereocenters. The maximum Gasteiger partial charge on any atom is 0.303 e. The van der Waals surface area contributed by atoms with Crippen molar-refractivity contribution in [3.63, 3.8) is 0 Å². The number of hydrogen-bond donors (Lipinski definition) is 2. The Balaban J connectivity index is 1.18. The zero-order valence-corrected chi connectivity index (χ0v) is 20.5. The Bertz CT molecular complexity index is 1320. The largest absolute Gasteiger partial charge is 0.496 e. The quantitative estimate of drug-likeness (QED) is 0.461. The van der Waals surface area contributed by atoms with Gasteiger partial charge in [0.25, 0.3) is 0 Å². The lowest BCUT2D eigenvalue weighted by molar-refractivity contribution is -0.138. The van der Waals surface area contributed by atoms with Crippen molar-refractivity contribution in [1.29, 1.82) is 0 Å². The molecule has 188 valence electrons. The summed E-state index contributed by atoms with van der Waals surface area (Å²) in [4.78, 5) is 21.7. The van der Waals surface area contributed by atoms with E-state index >= 15 is 0 Å². The van der Waals surface area contributed by atoms with E-state index in [2.05, 4.69) is 27.0 Å². The van der Waals surface area contributed by atoms with E-state index in [9.17, 15) is 9.18 Å². The van der Waals surface area contributed by atoms with Crippen molar-refractivity contribution >= 4 is 22.6 Å². The number of benzene rings is 1. The fourth-order valence-corrected chi connectivity index (χ4v) is 7.01. The van der Waals surface area contributed by atoms with Crippen LogP contribution in [-0.4, -0.2) is 52.2 Å². The number of fused-ring (bicyclic) bond motifs is 2. The molecule has 6 nitrogen and oxygen atoms in total. The molecule has 36 heavy (non-hydrogen) atoms. The third-order valence-corrected chi connectivity index (χ3v) is 8.64. The molecule has 7 heteroatoms. The highest BCUT2D eigenvalue weighted by molar-refractivity contribution is 5.96. The van der Waals surface area contributed by atoms with Gasteiger partial charge in [-0.3, -0.25) is 9.69 Å². The van der Waals surface area contributed by atoms with Gasteiger partial charge in [0.2, 0.25) is 0 Å². The van der Waals surface area contributed by atoms with E-state index in [0.717, 1.165) is 60.2 Å². The van der Waals surface area contributed by atoms with Crippen LogP contribution >= 0.6 is 0 Å². The summed E-state index contributed by atoms with van der Waals surface area (Å²) in [6.07, 6.45) is 9.97. The summed E-state index contributed by atoms with van der Waals surface area (Å²) in [6, 6.07) is 9.23. The molecule has 2 aliphatic carbocycles. The number of rotatable bonds is 6. The number of carboxylic acids is 1. The van der Waals surface area contributed by atoms with Crippen molar-refractivity contribution in [3.8, 4) is 16.9 Å². The van der Waals surface area contributed by atoms with Gasteiger partial charge >= 0.3 is 5.97 Å². The molecule has 6 rings (SSSR count). The van der Waals surface area contributed by atoms with Crippen LogP contribution in [0.4, 0.5) is 4.39 Å². The zero-order valence-electron chi connectivity index (χ0n) is 20.5. The standard InChI is InChI=1S/C29H32FN3O3/c1-36-27-3-2-21(30)15-24(27)23-4-7-31-29-25(23)16-26(32-29)18-5-8-33(9-6-18)22-13-19-10-17(12-28(34)35)11-20(19)14-22/h2-5,7,15-17,19-20,22H,6,8-14H2,1H3,(H,31,32)(H,34,35). The number of pyridine rings is 1. The molecule has 1 aromatic carbocycles. The highest BCUT2D eigenvalue weighted by Gasteiger charge is 2.43. The minimum Gasteiger partial charge on any atom is -0.496 e.